The van der Waals surface area contributed by atoms with Crippen LogP contribution in [0, 0.1) is 6.92 Å². The van der Waals surface area contributed by atoms with Gasteiger partial charge in [0.25, 0.3) is 0 Å². The molecule has 2 aromatic heterocycles. The summed E-state index contributed by atoms with van der Waals surface area (Å²) in [5.41, 5.74) is 6.25. The molecule has 0 saturated carbocycles. The molecule has 0 aliphatic carbocycles. The molecule has 0 spiro atoms. The van der Waals surface area contributed by atoms with Crippen LogP contribution in [-0.4, -0.2) is 70.3 Å². The number of fused-ring (bicyclic) bond motifs is 1. The quantitative estimate of drug-likeness (QED) is 0.0949. The van der Waals surface area contributed by atoms with Crippen LogP contribution in [0.15, 0.2) is 53.0 Å². The number of thiol groups is 2. The van der Waals surface area contributed by atoms with Crippen molar-refractivity contribution in [2.24, 2.45) is 10.2 Å². The first-order valence-electron chi connectivity index (χ1n) is 14.4. The summed E-state index contributed by atoms with van der Waals surface area (Å²) in [5.74, 6) is 0.0448. The van der Waals surface area contributed by atoms with Crippen molar-refractivity contribution >= 4 is 50.3 Å². The fourth-order valence-electron chi connectivity index (χ4n) is 5.07. The number of anilines is 1. The Kier molecular flexibility index (Phi) is 12.3. The Balaban J connectivity index is 0.00000114. The number of aryl methyl sites for hydroxylation is 1. The highest BCUT2D eigenvalue weighted by Gasteiger charge is 2.33. The number of aromatic nitrogens is 3. The van der Waals surface area contributed by atoms with E-state index in [1.165, 1.54) is 0 Å². The number of rotatable bonds is 10. The smallest absolute Gasteiger partial charge is 0.241 e. The molecule has 0 bridgehead atoms. The SMILES string of the molecule is CCCF.[B]C(S)(S)C(CC)c1nc(NC2CCN(C(=C)CC)CC2F)nn2ccc(-c3ccc(N=NC)c(C)c3)c12. The van der Waals surface area contributed by atoms with Gasteiger partial charge in [-0.05, 0) is 61.9 Å². The Morgan fingerprint density at radius 3 is 2.55 bits per heavy atom. The zero-order valence-corrected chi connectivity index (χ0v) is 27.0. The van der Waals surface area contributed by atoms with Gasteiger partial charge in [-0.3, -0.25) is 4.39 Å². The van der Waals surface area contributed by atoms with Crippen molar-refractivity contribution in [3.8, 4) is 11.1 Å². The van der Waals surface area contributed by atoms with Gasteiger partial charge in [-0.1, -0.05) is 33.4 Å². The lowest BCUT2D eigenvalue weighted by molar-refractivity contribution is 0.152. The average Bonchev–Trinajstić information content (AvgIpc) is 3.39. The van der Waals surface area contributed by atoms with Crippen LogP contribution in [0.5, 0.6) is 0 Å². The van der Waals surface area contributed by atoms with Crippen LogP contribution in [0.2, 0.25) is 0 Å². The Labute approximate surface area is 260 Å². The third kappa shape index (κ3) is 8.06. The molecular weight excluding hydrogens is 571 g/mol. The van der Waals surface area contributed by atoms with Crippen molar-refractivity contribution in [2.75, 3.05) is 32.1 Å². The second-order valence-corrected chi connectivity index (χ2v) is 12.3. The van der Waals surface area contributed by atoms with Gasteiger partial charge in [0.2, 0.25) is 5.95 Å². The first-order chi connectivity index (χ1) is 20.0. The number of hydrogen-bond acceptors (Lipinski definition) is 8. The third-order valence-corrected chi connectivity index (χ3v) is 8.03. The van der Waals surface area contributed by atoms with Crippen LogP contribution < -0.4 is 5.32 Å². The van der Waals surface area contributed by atoms with Gasteiger partial charge >= 0.3 is 0 Å². The van der Waals surface area contributed by atoms with E-state index in [2.05, 4.69) is 53.4 Å². The van der Waals surface area contributed by atoms with Crippen LogP contribution in [0.25, 0.3) is 16.6 Å². The minimum absolute atomic E-state index is 0.181. The average molecular weight is 614 g/mol. The van der Waals surface area contributed by atoms with Gasteiger partial charge in [0.1, 0.15) is 14.0 Å². The Bertz CT molecular complexity index is 1370. The highest BCUT2D eigenvalue weighted by atomic mass is 32.2. The second kappa shape index (κ2) is 15.2. The van der Waals surface area contributed by atoms with Crippen molar-refractivity contribution in [1.82, 2.24) is 19.5 Å². The van der Waals surface area contributed by atoms with Crippen molar-refractivity contribution in [2.45, 2.75) is 75.5 Å². The van der Waals surface area contributed by atoms with Crippen molar-refractivity contribution < 1.29 is 8.78 Å². The molecule has 1 fully saturated rings. The lowest BCUT2D eigenvalue weighted by Crippen LogP contribution is -2.47. The number of allylic oxidation sites excluding steroid dienone is 1. The molecule has 3 unspecified atom stereocenters. The zero-order valence-electron chi connectivity index (χ0n) is 25.2. The highest BCUT2D eigenvalue weighted by molar-refractivity contribution is 8.02. The first kappa shape index (κ1) is 33.9. The number of hydrogen-bond donors (Lipinski definition) is 3. The summed E-state index contributed by atoms with van der Waals surface area (Å²) in [6.45, 7) is 12.8. The fourth-order valence-corrected chi connectivity index (χ4v) is 5.68. The van der Waals surface area contributed by atoms with Crippen LogP contribution in [0.3, 0.4) is 0 Å². The van der Waals surface area contributed by atoms with Crippen molar-refractivity contribution in [3.05, 3.63) is 54.0 Å². The second-order valence-electron chi connectivity index (χ2n) is 10.5. The summed E-state index contributed by atoms with van der Waals surface area (Å²) in [5, 5.41) is 16.1. The molecular formula is C30H42BF2N7S2. The number of nitrogens with zero attached hydrogens (tertiary/aromatic N) is 6. The van der Waals surface area contributed by atoms with Gasteiger partial charge < -0.3 is 10.2 Å². The van der Waals surface area contributed by atoms with E-state index in [1.807, 2.05) is 50.1 Å². The van der Waals surface area contributed by atoms with E-state index in [4.69, 9.17) is 17.9 Å². The van der Waals surface area contributed by atoms with Gasteiger partial charge in [-0.25, -0.2) is 13.9 Å². The van der Waals surface area contributed by atoms with E-state index in [1.54, 1.807) is 18.5 Å². The number of piperidine rings is 1. The first-order valence-corrected chi connectivity index (χ1v) is 15.3. The van der Waals surface area contributed by atoms with Crippen LogP contribution in [-0.2, 0) is 0 Å². The van der Waals surface area contributed by atoms with E-state index in [0.717, 1.165) is 46.6 Å². The summed E-state index contributed by atoms with van der Waals surface area (Å²) in [4.78, 5) is 6.93. The van der Waals surface area contributed by atoms with Crippen LogP contribution in [0.1, 0.15) is 63.6 Å². The standard InChI is InChI=1S/C27H35BFN7S2.C3H7F/c1-6-17(4)35-12-11-23(21(29)15-35)31-26-32-24(20(7-2)27(28,37)38)25-19(10-13-36(25)34-26)18-8-9-22(33-30-5)16(3)14-18;1-2-3-4/h8-10,13-14,20-21,23,37-38H,4,6-7,11-12,15H2,1-3,5H3,(H,31,34);2-3H2,1H3. The Morgan fingerprint density at radius 2 is 2.00 bits per heavy atom. The molecule has 1 N–H and O–H groups in total. The summed E-state index contributed by atoms with van der Waals surface area (Å²) >= 11 is 9.19. The molecule has 1 aromatic carbocycles. The number of azo groups is 1. The molecule has 7 nitrogen and oxygen atoms in total. The van der Waals surface area contributed by atoms with Gasteiger partial charge in [-0.15, -0.1) is 5.10 Å². The van der Waals surface area contributed by atoms with Gasteiger partial charge in [-0.2, -0.15) is 35.5 Å². The number of nitrogens with one attached hydrogen (secondary N) is 1. The lowest BCUT2D eigenvalue weighted by atomic mass is 9.84. The summed E-state index contributed by atoms with van der Waals surface area (Å²) in [7, 11) is 8.05. The zero-order chi connectivity index (χ0) is 31.0. The van der Waals surface area contributed by atoms with Gasteiger partial charge in [0, 0.05) is 40.9 Å². The molecule has 3 aromatic rings. The summed E-state index contributed by atoms with van der Waals surface area (Å²) in [6.07, 6.45) is 3.53. The number of halogens is 2. The van der Waals surface area contributed by atoms with E-state index in [0.29, 0.717) is 37.4 Å². The van der Waals surface area contributed by atoms with Crippen LogP contribution >= 0.6 is 25.3 Å². The number of alkyl halides is 2. The molecule has 42 heavy (non-hydrogen) atoms. The largest absolute Gasteiger partial charge is 0.372 e. The van der Waals surface area contributed by atoms with E-state index in [9.17, 15) is 4.39 Å². The molecule has 1 aliphatic rings. The summed E-state index contributed by atoms with van der Waals surface area (Å²) in [6, 6.07) is 7.61. The molecule has 12 heteroatoms. The van der Waals surface area contributed by atoms with E-state index in [-0.39, 0.29) is 12.6 Å². The lowest BCUT2D eigenvalue weighted by Gasteiger charge is -2.37. The monoisotopic (exact) mass is 613 g/mol. The van der Waals surface area contributed by atoms with Gasteiger partial charge in [0.05, 0.1) is 36.2 Å². The molecule has 226 valence electrons. The van der Waals surface area contributed by atoms with E-state index < -0.39 is 16.2 Å². The molecule has 4 rings (SSSR count). The molecule has 2 radical (unpaired) electrons. The highest BCUT2D eigenvalue weighted by Crippen LogP contribution is 2.41. The van der Waals surface area contributed by atoms with E-state index >= 15 is 4.39 Å². The molecule has 3 atom stereocenters. The Morgan fingerprint density at radius 1 is 1.29 bits per heavy atom. The molecule has 1 saturated heterocycles. The summed E-state index contributed by atoms with van der Waals surface area (Å²) < 4.78 is 26.6. The maximum absolute atomic E-state index is 15.2. The van der Waals surface area contributed by atoms with Gasteiger partial charge in [0.15, 0.2) is 0 Å². The molecule has 1 aliphatic heterocycles. The minimum atomic E-state index is -1.13. The Hall–Kier alpha value is -2.60. The van der Waals surface area contributed by atoms with Crippen molar-refractivity contribution in [1.29, 1.82) is 0 Å². The predicted molar refractivity (Wildman–Crippen MR) is 177 cm³/mol. The maximum atomic E-state index is 15.2. The third-order valence-electron chi connectivity index (χ3n) is 7.40. The number of likely N-dealkylation sites (tertiary alicyclic amines) is 1. The van der Waals surface area contributed by atoms with Crippen LogP contribution in [0.4, 0.5) is 20.4 Å². The fraction of sp³-hybridized carbons (Fsp3) is 0.533. The predicted octanol–water partition coefficient (Wildman–Crippen LogP) is 7.71. The number of benzene rings is 1. The molecule has 3 heterocycles. The molecule has 0 amide bonds. The normalized spacial score (nSPS) is 18.2. The van der Waals surface area contributed by atoms with Crippen molar-refractivity contribution in [3.63, 3.8) is 0 Å². The maximum Gasteiger partial charge on any atom is 0.241 e. The minimum Gasteiger partial charge on any atom is -0.372 e. The topological polar surface area (TPSA) is 70.2 Å².